The molecule has 0 unspecified atom stereocenters. The van der Waals surface area contributed by atoms with Crippen molar-refractivity contribution in [3.05, 3.63) is 47.9 Å². The van der Waals surface area contributed by atoms with Gasteiger partial charge in [0, 0.05) is 18.5 Å². The first-order chi connectivity index (χ1) is 12.3. The Morgan fingerprint density at radius 1 is 1.20 bits per heavy atom. The van der Waals surface area contributed by atoms with Gasteiger partial charge >= 0.3 is 0 Å². The molecule has 3 aromatic rings. The lowest BCUT2D eigenvalue weighted by molar-refractivity contribution is 0.414. The van der Waals surface area contributed by atoms with Crippen LogP contribution in [-0.4, -0.2) is 33.2 Å². The van der Waals surface area contributed by atoms with Gasteiger partial charge in [0.2, 0.25) is 0 Å². The zero-order valence-electron chi connectivity index (χ0n) is 14.5. The normalized spacial score (nSPS) is 14.9. The number of rotatable bonds is 6. The van der Waals surface area contributed by atoms with Gasteiger partial charge in [-0.25, -0.2) is 4.98 Å². The molecule has 1 aliphatic rings. The number of hydrogen-bond donors (Lipinski definition) is 1. The fourth-order valence-electron chi connectivity index (χ4n) is 3.51. The largest absolute Gasteiger partial charge is 0.497 e. The molecule has 4 rings (SSSR count). The number of benzene rings is 1. The summed E-state index contributed by atoms with van der Waals surface area (Å²) in [7, 11) is 1.69. The van der Waals surface area contributed by atoms with E-state index in [9.17, 15) is 0 Å². The second-order valence-electron chi connectivity index (χ2n) is 6.54. The Kier molecular flexibility index (Phi) is 4.50. The van der Waals surface area contributed by atoms with Gasteiger partial charge < -0.3 is 10.1 Å². The summed E-state index contributed by atoms with van der Waals surface area (Å²) in [5, 5.41) is 7.80. The third-order valence-electron chi connectivity index (χ3n) is 4.92. The summed E-state index contributed by atoms with van der Waals surface area (Å²) in [4.78, 5) is 8.98. The fourth-order valence-corrected chi connectivity index (χ4v) is 3.51. The lowest BCUT2D eigenvalue weighted by atomic mass is 10.0. The van der Waals surface area contributed by atoms with Crippen LogP contribution >= 0.6 is 0 Å². The molecular formula is C19H23N5O. The molecule has 1 saturated carbocycles. The monoisotopic (exact) mass is 337 g/mol. The Balaban J connectivity index is 1.48. The van der Waals surface area contributed by atoms with Crippen molar-refractivity contribution in [3.63, 3.8) is 0 Å². The van der Waals surface area contributed by atoms with Crippen LogP contribution in [0.5, 0.6) is 5.75 Å². The first-order valence-corrected chi connectivity index (χ1v) is 8.91. The van der Waals surface area contributed by atoms with Crippen LogP contribution in [0.3, 0.4) is 0 Å². The van der Waals surface area contributed by atoms with Crippen molar-refractivity contribution >= 4 is 11.6 Å². The van der Waals surface area contributed by atoms with Gasteiger partial charge in [0.15, 0.2) is 0 Å². The number of nitrogens with zero attached hydrogens (tertiary/aromatic N) is 4. The standard InChI is InChI=1S/C19H23N5O/c1-25-16-8-6-14(7-9-16)10-11-20-18-12-17(15-4-2-3-5-15)23-19-21-13-22-24(18)19/h6-9,12-13,15,20H,2-5,10-11H2,1H3. The van der Waals surface area contributed by atoms with E-state index in [2.05, 4.69) is 33.6 Å². The van der Waals surface area contributed by atoms with Gasteiger partial charge in [-0.05, 0) is 37.0 Å². The second-order valence-corrected chi connectivity index (χ2v) is 6.54. The smallest absolute Gasteiger partial charge is 0.254 e. The van der Waals surface area contributed by atoms with Crippen molar-refractivity contribution in [1.82, 2.24) is 19.6 Å². The van der Waals surface area contributed by atoms with Gasteiger partial charge in [-0.3, -0.25) is 0 Å². The molecule has 0 spiro atoms. The van der Waals surface area contributed by atoms with Crippen LogP contribution < -0.4 is 10.1 Å². The minimum atomic E-state index is 0.559. The molecule has 0 aliphatic heterocycles. The molecule has 0 saturated heterocycles. The molecule has 25 heavy (non-hydrogen) atoms. The third kappa shape index (κ3) is 3.43. The topological polar surface area (TPSA) is 64.3 Å². The van der Waals surface area contributed by atoms with E-state index >= 15 is 0 Å². The Morgan fingerprint density at radius 3 is 2.76 bits per heavy atom. The maximum Gasteiger partial charge on any atom is 0.254 e. The predicted molar refractivity (Wildman–Crippen MR) is 97.2 cm³/mol. The van der Waals surface area contributed by atoms with Gasteiger partial charge in [0.05, 0.1) is 12.8 Å². The zero-order chi connectivity index (χ0) is 17.1. The summed E-state index contributed by atoms with van der Waals surface area (Å²) < 4.78 is 6.99. The number of aromatic nitrogens is 4. The van der Waals surface area contributed by atoms with Crippen molar-refractivity contribution in [2.24, 2.45) is 0 Å². The molecule has 1 N–H and O–H groups in total. The summed E-state index contributed by atoms with van der Waals surface area (Å²) in [6, 6.07) is 10.3. The quantitative estimate of drug-likeness (QED) is 0.746. The van der Waals surface area contributed by atoms with Crippen LogP contribution in [-0.2, 0) is 6.42 Å². The SMILES string of the molecule is COc1ccc(CCNc2cc(C3CCCC3)nc3ncnn23)cc1. The Morgan fingerprint density at radius 2 is 2.00 bits per heavy atom. The van der Waals surface area contributed by atoms with E-state index in [1.807, 2.05) is 12.1 Å². The number of ether oxygens (including phenoxy) is 1. The summed E-state index contributed by atoms with van der Waals surface area (Å²) in [5.74, 6) is 3.09. The van der Waals surface area contributed by atoms with Crippen molar-refractivity contribution in [3.8, 4) is 5.75 Å². The van der Waals surface area contributed by atoms with Crippen LogP contribution in [0.2, 0.25) is 0 Å². The fraction of sp³-hybridized carbons (Fsp3) is 0.421. The van der Waals surface area contributed by atoms with Gasteiger partial charge in [-0.1, -0.05) is 25.0 Å². The van der Waals surface area contributed by atoms with E-state index < -0.39 is 0 Å². The molecule has 1 fully saturated rings. The highest BCUT2D eigenvalue weighted by Crippen LogP contribution is 2.34. The first-order valence-electron chi connectivity index (χ1n) is 8.91. The van der Waals surface area contributed by atoms with Crippen molar-refractivity contribution in [1.29, 1.82) is 0 Å². The van der Waals surface area contributed by atoms with E-state index in [1.54, 1.807) is 18.0 Å². The van der Waals surface area contributed by atoms with Crippen LogP contribution in [0.4, 0.5) is 5.82 Å². The minimum Gasteiger partial charge on any atom is -0.497 e. The van der Waals surface area contributed by atoms with E-state index in [0.29, 0.717) is 11.7 Å². The molecule has 130 valence electrons. The zero-order valence-corrected chi connectivity index (χ0v) is 14.5. The van der Waals surface area contributed by atoms with Gasteiger partial charge in [-0.15, -0.1) is 0 Å². The molecule has 0 radical (unpaired) electrons. The highest BCUT2D eigenvalue weighted by atomic mass is 16.5. The second kappa shape index (κ2) is 7.09. The Bertz CT molecular complexity index is 837. The van der Waals surface area contributed by atoms with Crippen molar-refractivity contribution < 1.29 is 4.74 Å². The summed E-state index contributed by atoms with van der Waals surface area (Å²) in [5.41, 5.74) is 2.41. The first kappa shape index (κ1) is 15.9. The Labute approximate surface area is 147 Å². The molecular weight excluding hydrogens is 314 g/mol. The van der Waals surface area contributed by atoms with Crippen LogP contribution in [0.1, 0.15) is 42.9 Å². The van der Waals surface area contributed by atoms with Gasteiger partial charge in [-0.2, -0.15) is 14.6 Å². The highest BCUT2D eigenvalue weighted by Gasteiger charge is 2.20. The number of anilines is 1. The average molecular weight is 337 g/mol. The molecule has 2 heterocycles. The minimum absolute atomic E-state index is 0.559. The van der Waals surface area contributed by atoms with Crippen LogP contribution in [0, 0.1) is 0 Å². The lowest BCUT2D eigenvalue weighted by Gasteiger charge is -2.13. The van der Waals surface area contributed by atoms with Crippen LogP contribution in [0.15, 0.2) is 36.7 Å². The molecule has 6 heteroatoms. The molecule has 0 bridgehead atoms. The number of nitrogens with one attached hydrogen (secondary N) is 1. The summed E-state index contributed by atoms with van der Waals surface area (Å²) in [6.45, 7) is 0.829. The molecule has 0 atom stereocenters. The lowest BCUT2D eigenvalue weighted by Crippen LogP contribution is -2.11. The molecule has 6 nitrogen and oxygen atoms in total. The van der Waals surface area contributed by atoms with E-state index in [-0.39, 0.29) is 0 Å². The van der Waals surface area contributed by atoms with Crippen molar-refractivity contribution in [2.45, 2.75) is 38.0 Å². The maximum absolute atomic E-state index is 5.20. The van der Waals surface area contributed by atoms with E-state index in [1.165, 1.54) is 31.2 Å². The molecule has 1 aromatic carbocycles. The van der Waals surface area contributed by atoms with E-state index in [4.69, 9.17) is 9.72 Å². The molecule has 1 aliphatic carbocycles. The van der Waals surface area contributed by atoms with Gasteiger partial charge in [0.1, 0.15) is 17.9 Å². The average Bonchev–Trinajstić information content (AvgIpc) is 3.33. The van der Waals surface area contributed by atoms with Gasteiger partial charge in [0.25, 0.3) is 5.78 Å². The molecule has 0 amide bonds. The highest BCUT2D eigenvalue weighted by molar-refractivity contribution is 5.46. The Hall–Kier alpha value is -2.63. The third-order valence-corrected chi connectivity index (χ3v) is 4.92. The van der Waals surface area contributed by atoms with Crippen LogP contribution in [0.25, 0.3) is 5.78 Å². The predicted octanol–water partition coefficient (Wildman–Crippen LogP) is 3.45. The number of hydrogen-bond acceptors (Lipinski definition) is 5. The van der Waals surface area contributed by atoms with E-state index in [0.717, 1.165) is 30.2 Å². The number of fused-ring (bicyclic) bond motifs is 1. The summed E-state index contributed by atoms with van der Waals surface area (Å²) >= 11 is 0. The maximum atomic E-state index is 5.20. The number of methoxy groups -OCH3 is 1. The molecule has 2 aromatic heterocycles. The summed E-state index contributed by atoms with van der Waals surface area (Å²) in [6.07, 6.45) is 7.54. The van der Waals surface area contributed by atoms with Crippen molar-refractivity contribution in [2.75, 3.05) is 19.0 Å².